The number of hydrogen-bond acceptors (Lipinski definition) is 3. The first-order chi connectivity index (χ1) is 10.4. The maximum absolute atomic E-state index is 12.5. The monoisotopic (exact) mass is 299 g/mol. The second kappa shape index (κ2) is 6.22. The molecule has 0 bridgehead atoms. The number of amides is 1. The number of β-lactam (4-membered cyclic amide) rings is 1. The molecule has 0 aromatic heterocycles. The van der Waals surface area contributed by atoms with Crippen molar-refractivity contribution in [3.8, 4) is 5.75 Å². The van der Waals surface area contributed by atoms with E-state index in [0.717, 1.165) is 17.0 Å². The number of nitrogens with zero attached hydrogens (tertiary/aromatic N) is 1. The molecular formula is C18H21NO3. The van der Waals surface area contributed by atoms with Gasteiger partial charge in [0.05, 0.1) is 13.2 Å². The molecule has 116 valence electrons. The zero-order valence-corrected chi connectivity index (χ0v) is 13.4. The molecule has 4 nitrogen and oxygen atoms in total. The lowest BCUT2D eigenvalue weighted by atomic mass is 9.83. The first kappa shape index (κ1) is 16.1. The second-order valence-corrected chi connectivity index (χ2v) is 5.54. The van der Waals surface area contributed by atoms with Crippen LogP contribution in [-0.2, 0) is 4.79 Å². The van der Waals surface area contributed by atoms with Gasteiger partial charge in [0.15, 0.2) is 0 Å². The Balaban J connectivity index is 2.42. The number of methoxy groups -OCH3 is 1. The SMILES string of the molecule is C=C=C(C)[C@H](O)[C@H]1C(=C(C)C)C(=O)N1c1ccc(OC)cc1. The van der Waals surface area contributed by atoms with Crippen LogP contribution < -0.4 is 9.64 Å². The summed E-state index contributed by atoms with van der Waals surface area (Å²) in [5.41, 5.74) is 5.63. The molecular weight excluding hydrogens is 278 g/mol. The smallest absolute Gasteiger partial charge is 0.257 e. The third kappa shape index (κ3) is 2.59. The summed E-state index contributed by atoms with van der Waals surface area (Å²) in [5.74, 6) is 0.643. The summed E-state index contributed by atoms with van der Waals surface area (Å²) in [4.78, 5) is 14.1. The molecule has 4 heteroatoms. The van der Waals surface area contributed by atoms with Crippen LogP contribution in [0.3, 0.4) is 0 Å². The quantitative estimate of drug-likeness (QED) is 0.528. The molecule has 1 aromatic carbocycles. The Morgan fingerprint density at radius 1 is 1.32 bits per heavy atom. The van der Waals surface area contributed by atoms with Gasteiger partial charge in [0.2, 0.25) is 0 Å². The van der Waals surface area contributed by atoms with Crippen LogP contribution in [0, 0.1) is 0 Å². The van der Waals surface area contributed by atoms with Crippen LogP contribution in [0.25, 0.3) is 0 Å². The van der Waals surface area contributed by atoms with E-state index in [1.807, 2.05) is 26.0 Å². The number of rotatable bonds is 4. The fourth-order valence-electron chi connectivity index (χ4n) is 2.62. The number of carbonyl (C=O) groups is 1. The number of aliphatic hydroxyl groups excluding tert-OH is 1. The Morgan fingerprint density at radius 3 is 2.36 bits per heavy atom. The van der Waals surface area contributed by atoms with Crippen molar-refractivity contribution >= 4 is 11.6 Å². The number of aliphatic hydroxyl groups is 1. The lowest BCUT2D eigenvalue weighted by Crippen LogP contribution is -2.61. The first-order valence-electron chi connectivity index (χ1n) is 7.12. The van der Waals surface area contributed by atoms with E-state index >= 15 is 0 Å². The lowest BCUT2D eigenvalue weighted by Gasteiger charge is -2.46. The summed E-state index contributed by atoms with van der Waals surface area (Å²) < 4.78 is 5.13. The molecule has 1 amide bonds. The Kier molecular flexibility index (Phi) is 4.55. The molecule has 1 fully saturated rings. The van der Waals surface area contributed by atoms with Crippen molar-refractivity contribution in [2.24, 2.45) is 0 Å². The maximum Gasteiger partial charge on any atom is 0.257 e. The molecule has 0 unspecified atom stereocenters. The van der Waals surface area contributed by atoms with Gasteiger partial charge in [0.1, 0.15) is 11.9 Å². The molecule has 1 aromatic rings. The fourth-order valence-corrected chi connectivity index (χ4v) is 2.62. The van der Waals surface area contributed by atoms with Crippen LogP contribution >= 0.6 is 0 Å². The minimum atomic E-state index is -0.817. The van der Waals surface area contributed by atoms with Crippen LogP contribution in [0.4, 0.5) is 5.69 Å². The van der Waals surface area contributed by atoms with E-state index in [2.05, 4.69) is 12.3 Å². The van der Waals surface area contributed by atoms with Crippen LogP contribution in [0.5, 0.6) is 5.75 Å². The number of ether oxygens (including phenoxy) is 1. The van der Waals surface area contributed by atoms with Crippen LogP contribution in [0.15, 0.2) is 53.3 Å². The lowest BCUT2D eigenvalue weighted by molar-refractivity contribution is -0.120. The summed E-state index contributed by atoms with van der Waals surface area (Å²) in [6, 6.07) is 6.81. The van der Waals surface area contributed by atoms with Gasteiger partial charge in [0, 0.05) is 11.3 Å². The highest BCUT2D eigenvalue weighted by Crippen LogP contribution is 2.37. The zero-order chi connectivity index (χ0) is 16.4. The Bertz CT molecular complexity index is 662. The van der Waals surface area contributed by atoms with E-state index < -0.39 is 12.1 Å². The molecule has 1 N–H and O–H groups in total. The summed E-state index contributed by atoms with van der Waals surface area (Å²) >= 11 is 0. The Morgan fingerprint density at radius 2 is 1.91 bits per heavy atom. The molecule has 1 aliphatic rings. The molecule has 0 radical (unpaired) electrons. The largest absolute Gasteiger partial charge is 0.497 e. The molecule has 1 saturated heterocycles. The normalized spacial score (nSPS) is 18.4. The Hall–Kier alpha value is -2.29. The van der Waals surface area contributed by atoms with Gasteiger partial charge >= 0.3 is 0 Å². The van der Waals surface area contributed by atoms with E-state index in [0.29, 0.717) is 11.1 Å². The number of allylic oxidation sites excluding steroid dienone is 1. The molecule has 0 aliphatic carbocycles. The average Bonchev–Trinajstić information content (AvgIpc) is 2.51. The average molecular weight is 299 g/mol. The van der Waals surface area contributed by atoms with E-state index in [-0.39, 0.29) is 5.91 Å². The third-order valence-corrected chi connectivity index (χ3v) is 3.93. The van der Waals surface area contributed by atoms with Crippen molar-refractivity contribution in [1.29, 1.82) is 0 Å². The minimum absolute atomic E-state index is 0.0777. The molecule has 22 heavy (non-hydrogen) atoms. The molecule has 1 heterocycles. The van der Waals surface area contributed by atoms with Crippen molar-refractivity contribution in [3.05, 3.63) is 53.3 Å². The topological polar surface area (TPSA) is 49.8 Å². The number of benzene rings is 1. The Labute approximate surface area is 131 Å². The van der Waals surface area contributed by atoms with Crippen LogP contribution in [0.1, 0.15) is 20.8 Å². The van der Waals surface area contributed by atoms with E-state index in [4.69, 9.17) is 4.74 Å². The predicted molar refractivity (Wildman–Crippen MR) is 87.0 cm³/mol. The van der Waals surface area contributed by atoms with Gasteiger partial charge < -0.3 is 9.84 Å². The van der Waals surface area contributed by atoms with E-state index in [1.54, 1.807) is 31.1 Å². The van der Waals surface area contributed by atoms with Crippen molar-refractivity contribution < 1.29 is 14.6 Å². The minimum Gasteiger partial charge on any atom is -0.497 e. The van der Waals surface area contributed by atoms with Crippen LogP contribution in [0.2, 0.25) is 0 Å². The van der Waals surface area contributed by atoms with Crippen molar-refractivity contribution in [2.75, 3.05) is 12.0 Å². The highest BCUT2D eigenvalue weighted by atomic mass is 16.5. The predicted octanol–water partition coefficient (Wildman–Crippen LogP) is 2.84. The van der Waals surface area contributed by atoms with Gasteiger partial charge in [-0.05, 0) is 50.6 Å². The fraction of sp³-hybridized carbons (Fsp3) is 0.333. The number of hydrogen-bond donors (Lipinski definition) is 1. The van der Waals surface area contributed by atoms with Crippen molar-refractivity contribution in [3.63, 3.8) is 0 Å². The summed E-state index contributed by atoms with van der Waals surface area (Å²) in [5, 5.41) is 10.5. The molecule has 0 saturated carbocycles. The second-order valence-electron chi connectivity index (χ2n) is 5.54. The van der Waals surface area contributed by atoms with Gasteiger partial charge in [-0.15, -0.1) is 5.73 Å². The highest BCUT2D eigenvalue weighted by molar-refractivity contribution is 6.16. The van der Waals surface area contributed by atoms with Crippen molar-refractivity contribution in [1.82, 2.24) is 0 Å². The van der Waals surface area contributed by atoms with Gasteiger partial charge in [-0.25, -0.2) is 0 Å². The van der Waals surface area contributed by atoms with Crippen molar-refractivity contribution in [2.45, 2.75) is 32.9 Å². The van der Waals surface area contributed by atoms with E-state index in [9.17, 15) is 9.90 Å². The summed E-state index contributed by atoms with van der Waals surface area (Å²) in [6.07, 6.45) is -0.817. The molecule has 0 spiro atoms. The van der Waals surface area contributed by atoms with Gasteiger partial charge in [-0.3, -0.25) is 9.69 Å². The first-order valence-corrected chi connectivity index (χ1v) is 7.12. The van der Waals surface area contributed by atoms with E-state index in [1.165, 1.54) is 0 Å². The molecule has 2 rings (SSSR count). The summed E-state index contributed by atoms with van der Waals surface area (Å²) in [6.45, 7) is 9.09. The maximum atomic E-state index is 12.5. The number of carbonyl (C=O) groups excluding carboxylic acids is 1. The molecule has 2 atom stereocenters. The summed E-state index contributed by atoms with van der Waals surface area (Å²) in [7, 11) is 1.59. The third-order valence-electron chi connectivity index (χ3n) is 3.93. The van der Waals surface area contributed by atoms with Gasteiger partial charge in [0.25, 0.3) is 5.91 Å². The zero-order valence-electron chi connectivity index (χ0n) is 13.4. The standard InChI is InChI=1S/C18H21NO3/c1-6-12(4)17(20)16-15(11(2)3)18(21)19(16)13-7-9-14(22-5)10-8-13/h7-10,16-17,20H,1H2,2-5H3/t16-,17+/m1/s1. The highest BCUT2D eigenvalue weighted by Gasteiger charge is 2.47. The van der Waals surface area contributed by atoms with Crippen LogP contribution in [-0.4, -0.2) is 30.3 Å². The number of anilines is 1. The van der Waals surface area contributed by atoms with Gasteiger partial charge in [-0.2, -0.15) is 0 Å². The molecule has 1 aliphatic heterocycles. The van der Waals surface area contributed by atoms with Gasteiger partial charge in [-0.1, -0.05) is 12.2 Å².